The van der Waals surface area contributed by atoms with Gasteiger partial charge in [-0.05, 0) is 49.1 Å². The van der Waals surface area contributed by atoms with Gasteiger partial charge in [-0.25, -0.2) is 0 Å². The van der Waals surface area contributed by atoms with Gasteiger partial charge in [0.05, 0.1) is 0 Å². The van der Waals surface area contributed by atoms with Gasteiger partial charge >= 0.3 is 0 Å². The normalized spacial score (nSPS) is 17.8. The molecule has 0 saturated carbocycles. The zero-order valence-electron chi connectivity index (χ0n) is 13.0. The van der Waals surface area contributed by atoms with E-state index in [-0.39, 0.29) is 5.91 Å². The van der Waals surface area contributed by atoms with E-state index in [4.69, 9.17) is 11.6 Å². The van der Waals surface area contributed by atoms with E-state index in [1.54, 1.807) is 30.3 Å². The lowest BCUT2D eigenvalue weighted by atomic mass is 10.0. The smallest absolute Gasteiger partial charge is 0.256 e. The van der Waals surface area contributed by atoms with Crippen molar-refractivity contribution in [2.24, 2.45) is 5.92 Å². The maximum Gasteiger partial charge on any atom is 0.256 e. The number of amides is 1. The number of halogens is 1. The summed E-state index contributed by atoms with van der Waals surface area (Å²) in [4.78, 5) is 14.4. The second-order valence-electron chi connectivity index (χ2n) is 5.93. The molecule has 0 bridgehead atoms. The summed E-state index contributed by atoms with van der Waals surface area (Å²) in [5, 5.41) is 11.6. The third-order valence-corrected chi connectivity index (χ3v) is 4.19. The zero-order valence-corrected chi connectivity index (χ0v) is 13.8. The number of aromatic nitrogens is 2. The fraction of sp³-hybridized carbons (Fsp3) is 0.353. The number of carbonyl (C=O) groups excluding carboxylic acids is 1. The van der Waals surface area contributed by atoms with Crippen LogP contribution in [0.15, 0.2) is 36.4 Å². The van der Waals surface area contributed by atoms with Gasteiger partial charge in [0.2, 0.25) is 0 Å². The molecule has 0 spiro atoms. The summed E-state index contributed by atoms with van der Waals surface area (Å²) in [6.07, 6.45) is 2.44. The third kappa shape index (κ3) is 3.99. The van der Waals surface area contributed by atoms with Crippen molar-refractivity contribution in [2.45, 2.75) is 19.8 Å². The van der Waals surface area contributed by atoms with Crippen molar-refractivity contribution in [1.82, 2.24) is 10.2 Å². The van der Waals surface area contributed by atoms with E-state index >= 15 is 0 Å². The molecule has 0 aliphatic carbocycles. The van der Waals surface area contributed by atoms with Crippen molar-refractivity contribution in [1.29, 1.82) is 0 Å². The average Bonchev–Trinajstić information content (AvgIpc) is 2.55. The van der Waals surface area contributed by atoms with E-state index in [1.165, 1.54) is 12.8 Å². The summed E-state index contributed by atoms with van der Waals surface area (Å²) in [5.41, 5.74) is 0.494. The molecular formula is C17H19ClN4O. The summed E-state index contributed by atoms with van der Waals surface area (Å²) in [6, 6.07) is 10.5. The van der Waals surface area contributed by atoms with E-state index in [0.717, 1.165) is 18.9 Å². The SMILES string of the molecule is CC1CCCN(c2ccc(NC(=O)c3cccc(Cl)c3)nn2)C1. The largest absolute Gasteiger partial charge is 0.355 e. The lowest BCUT2D eigenvalue weighted by Crippen LogP contribution is -2.34. The molecule has 2 heterocycles. The van der Waals surface area contributed by atoms with Gasteiger partial charge < -0.3 is 10.2 Å². The molecule has 23 heavy (non-hydrogen) atoms. The van der Waals surface area contributed by atoms with Crippen molar-refractivity contribution >= 4 is 29.1 Å². The maximum atomic E-state index is 12.1. The molecule has 1 aliphatic heterocycles. The Bertz CT molecular complexity index is 689. The van der Waals surface area contributed by atoms with Gasteiger partial charge in [0, 0.05) is 23.7 Å². The number of hydrogen-bond donors (Lipinski definition) is 1. The first-order valence-electron chi connectivity index (χ1n) is 7.77. The Balaban J connectivity index is 1.66. The van der Waals surface area contributed by atoms with Gasteiger partial charge in [0.15, 0.2) is 11.6 Å². The van der Waals surface area contributed by atoms with Gasteiger partial charge in [0.1, 0.15) is 0 Å². The van der Waals surface area contributed by atoms with Crippen LogP contribution in [0.3, 0.4) is 0 Å². The number of nitrogens with one attached hydrogen (secondary N) is 1. The Morgan fingerprint density at radius 3 is 2.87 bits per heavy atom. The summed E-state index contributed by atoms with van der Waals surface area (Å²) >= 11 is 5.90. The van der Waals surface area contributed by atoms with Crippen LogP contribution in [0, 0.1) is 5.92 Å². The van der Waals surface area contributed by atoms with Crippen molar-refractivity contribution in [3.63, 3.8) is 0 Å². The summed E-state index contributed by atoms with van der Waals surface area (Å²) in [5.74, 6) is 1.72. The summed E-state index contributed by atoms with van der Waals surface area (Å²) < 4.78 is 0. The highest BCUT2D eigenvalue weighted by molar-refractivity contribution is 6.31. The van der Waals surface area contributed by atoms with Crippen molar-refractivity contribution in [3.8, 4) is 0 Å². The molecule has 0 radical (unpaired) electrons. The minimum atomic E-state index is -0.249. The first-order chi connectivity index (χ1) is 11.1. The first-order valence-corrected chi connectivity index (χ1v) is 8.15. The first kappa shape index (κ1) is 15.7. The van der Waals surface area contributed by atoms with E-state index in [9.17, 15) is 4.79 Å². The maximum absolute atomic E-state index is 12.1. The Kier molecular flexibility index (Phi) is 4.76. The van der Waals surface area contributed by atoms with Crippen LogP contribution >= 0.6 is 11.6 Å². The molecule has 1 unspecified atom stereocenters. The molecule has 1 atom stereocenters. The number of anilines is 2. The molecule has 1 aromatic carbocycles. The van der Waals surface area contributed by atoms with E-state index < -0.39 is 0 Å². The van der Waals surface area contributed by atoms with E-state index in [2.05, 4.69) is 27.3 Å². The number of carbonyl (C=O) groups is 1. The fourth-order valence-corrected chi connectivity index (χ4v) is 2.97. The van der Waals surface area contributed by atoms with E-state index in [1.807, 2.05) is 6.07 Å². The summed E-state index contributed by atoms with van der Waals surface area (Å²) in [7, 11) is 0. The number of piperidine rings is 1. The molecule has 2 aromatic rings. The van der Waals surface area contributed by atoms with Crippen LogP contribution in [-0.2, 0) is 0 Å². The predicted molar refractivity (Wildman–Crippen MR) is 92.0 cm³/mol. The molecular weight excluding hydrogens is 312 g/mol. The molecule has 1 amide bonds. The van der Waals surface area contributed by atoms with Crippen molar-refractivity contribution in [2.75, 3.05) is 23.3 Å². The topological polar surface area (TPSA) is 58.1 Å². The number of benzene rings is 1. The molecule has 5 nitrogen and oxygen atoms in total. The highest BCUT2D eigenvalue weighted by Gasteiger charge is 2.18. The fourth-order valence-electron chi connectivity index (χ4n) is 2.78. The van der Waals surface area contributed by atoms with Crippen molar-refractivity contribution in [3.05, 3.63) is 47.0 Å². The Morgan fingerprint density at radius 2 is 2.17 bits per heavy atom. The Morgan fingerprint density at radius 1 is 1.30 bits per heavy atom. The van der Waals surface area contributed by atoms with Crippen LogP contribution in [-0.4, -0.2) is 29.2 Å². The van der Waals surface area contributed by atoms with Gasteiger partial charge in [-0.15, -0.1) is 10.2 Å². The third-order valence-electron chi connectivity index (χ3n) is 3.96. The lowest BCUT2D eigenvalue weighted by Gasteiger charge is -2.31. The minimum absolute atomic E-state index is 0.249. The lowest BCUT2D eigenvalue weighted by molar-refractivity contribution is 0.102. The Labute approximate surface area is 140 Å². The monoisotopic (exact) mass is 330 g/mol. The minimum Gasteiger partial charge on any atom is -0.355 e. The molecule has 1 saturated heterocycles. The standard InChI is InChI=1S/C17H19ClN4O/c1-12-4-3-9-22(11-12)16-8-7-15(20-21-16)19-17(23)13-5-2-6-14(18)10-13/h2,5-8,10,12H,3-4,9,11H2,1H3,(H,19,20,23). The van der Waals surface area contributed by atoms with Gasteiger partial charge in [-0.2, -0.15) is 0 Å². The molecule has 1 aromatic heterocycles. The van der Waals surface area contributed by atoms with Crippen LogP contribution in [0.1, 0.15) is 30.1 Å². The predicted octanol–water partition coefficient (Wildman–Crippen LogP) is 3.62. The molecule has 1 fully saturated rings. The van der Waals surface area contributed by atoms with Gasteiger partial charge in [-0.1, -0.05) is 24.6 Å². The van der Waals surface area contributed by atoms with E-state index in [0.29, 0.717) is 22.3 Å². The molecule has 6 heteroatoms. The van der Waals surface area contributed by atoms with Crippen LogP contribution in [0.2, 0.25) is 5.02 Å². The number of rotatable bonds is 3. The Hall–Kier alpha value is -2.14. The van der Waals surface area contributed by atoms with Crippen molar-refractivity contribution < 1.29 is 4.79 Å². The number of nitrogens with zero attached hydrogens (tertiary/aromatic N) is 3. The quantitative estimate of drug-likeness (QED) is 0.933. The highest BCUT2D eigenvalue weighted by atomic mass is 35.5. The zero-order chi connectivity index (χ0) is 16.2. The average molecular weight is 331 g/mol. The van der Waals surface area contributed by atoms with Crippen LogP contribution in [0.4, 0.5) is 11.6 Å². The van der Waals surface area contributed by atoms with Crippen LogP contribution < -0.4 is 10.2 Å². The summed E-state index contributed by atoms with van der Waals surface area (Å²) in [6.45, 7) is 4.26. The molecule has 1 aliphatic rings. The highest BCUT2D eigenvalue weighted by Crippen LogP contribution is 2.21. The van der Waals surface area contributed by atoms with Gasteiger partial charge in [0.25, 0.3) is 5.91 Å². The molecule has 3 rings (SSSR count). The second-order valence-corrected chi connectivity index (χ2v) is 6.37. The molecule has 1 N–H and O–H groups in total. The van der Waals surface area contributed by atoms with Gasteiger partial charge in [-0.3, -0.25) is 4.79 Å². The number of hydrogen-bond acceptors (Lipinski definition) is 4. The molecule has 120 valence electrons. The van der Waals surface area contributed by atoms with Crippen LogP contribution in [0.25, 0.3) is 0 Å². The van der Waals surface area contributed by atoms with Crippen LogP contribution in [0.5, 0.6) is 0 Å². The second kappa shape index (κ2) is 6.96.